The van der Waals surface area contributed by atoms with Gasteiger partial charge in [-0.3, -0.25) is 0 Å². The van der Waals surface area contributed by atoms with E-state index in [1.807, 2.05) is 48.5 Å². The molecule has 4 rings (SSSR count). The zero-order valence-electron chi connectivity index (χ0n) is 20.7. The third-order valence-electron chi connectivity index (χ3n) is 5.21. The molecule has 0 radical (unpaired) electrons. The molecule has 0 heterocycles. The number of rotatable bonds is 7. The van der Waals surface area contributed by atoms with Crippen LogP contribution in [0.3, 0.4) is 0 Å². The molecule has 0 aromatic heterocycles. The monoisotopic (exact) mass is 498 g/mol. The number of para-hydroxylation sites is 1. The Balaban J connectivity index is 0.000000302. The number of aryl methyl sites for hydroxylation is 1. The van der Waals surface area contributed by atoms with Gasteiger partial charge in [0.1, 0.15) is 11.5 Å². The van der Waals surface area contributed by atoms with Crippen molar-refractivity contribution < 1.29 is 23.1 Å². The molecule has 0 bridgehead atoms. The van der Waals surface area contributed by atoms with E-state index in [0.717, 1.165) is 22.6 Å². The van der Waals surface area contributed by atoms with Crippen LogP contribution < -0.4 is 4.74 Å². The second kappa shape index (κ2) is 13.9. The van der Waals surface area contributed by atoms with Crippen molar-refractivity contribution in [1.29, 1.82) is 0 Å². The first-order valence-corrected chi connectivity index (χ1v) is 18.2. The summed E-state index contributed by atoms with van der Waals surface area (Å²) in [6.45, 7) is 8.88. The molecular weight excluding hydrogens is 464 g/mol. The fourth-order valence-electron chi connectivity index (χ4n) is 3.46. The molecule has 1 aliphatic carbocycles. The predicted molar refractivity (Wildman–Crippen MR) is 147 cm³/mol. The van der Waals surface area contributed by atoms with Crippen LogP contribution in [-0.4, -0.2) is 6.66 Å². The molecule has 3 heteroatoms. The molecule has 3 aromatic rings. The van der Waals surface area contributed by atoms with Gasteiger partial charge in [-0.15, -0.1) is 0 Å². The molecular formula is C31H34OSiTi. The van der Waals surface area contributed by atoms with Gasteiger partial charge in [-0.05, 0) is 37.1 Å². The van der Waals surface area contributed by atoms with E-state index in [0.29, 0.717) is 18.4 Å². The van der Waals surface area contributed by atoms with Crippen molar-refractivity contribution in [3.05, 3.63) is 135 Å². The van der Waals surface area contributed by atoms with Crippen molar-refractivity contribution >= 4 is 18.5 Å². The van der Waals surface area contributed by atoms with Gasteiger partial charge in [0.05, 0.1) is 0 Å². The van der Waals surface area contributed by atoms with E-state index >= 15 is 0 Å². The van der Waals surface area contributed by atoms with Crippen molar-refractivity contribution in [2.45, 2.75) is 33.4 Å². The van der Waals surface area contributed by atoms with E-state index < -0.39 is 0 Å². The van der Waals surface area contributed by atoms with Gasteiger partial charge in [0.15, 0.2) is 0 Å². The van der Waals surface area contributed by atoms with E-state index in [9.17, 15) is 0 Å². The van der Waals surface area contributed by atoms with Gasteiger partial charge in [0.2, 0.25) is 0 Å². The first-order valence-electron chi connectivity index (χ1n) is 11.9. The van der Waals surface area contributed by atoms with Gasteiger partial charge in [-0.25, -0.2) is 0 Å². The normalized spacial score (nSPS) is 13.3. The summed E-state index contributed by atoms with van der Waals surface area (Å²) in [5.74, 6) is 1.71. The zero-order chi connectivity index (χ0) is 24.2. The van der Waals surface area contributed by atoms with E-state index in [-0.39, 0.29) is 6.66 Å². The topological polar surface area (TPSA) is 9.23 Å². The zero-order valence-corrected chi connectivity index (χ0v) is 23.4. The standard InChI is InChI=1S/C24H22O.C5H5.C2H7Si.Ti/c1-19-13-16-21(17-14-19)18-15-20(2)24(22-9-5-3-6-10-22)25-23-11-7-4-8-12-23;1-2-4-5-3-1;1-3-2;/h3-18H,1-2H3;1-3H,4H2;3H,1-2H3;. The Morgan fingerprint density at radius 2 is 1.53 bits per heavy atom. The molecule has 0 N–H and O–H groups in total. The van der Waals surface area contributed by atoms with E-state index in [2.05, 4.69) is 93.7 Å². The average molecular weight is 499 g/mol. The number of hydrogen-bond acceptors (Lipinski definition) is 1. The van der Waals surface area contributed by atoms with Crippen LogP contribution in [0.25, 0.3) is 11.8 Å². The second-order valence-corrected chi connectivity index (χ2v) is 19.0. The van der Waals surface area contributed by atoms with Crippen molar-refractivity contribution in [3.63, 3.8) is 0 Å². The van der Waals surface area contributed by atoms with Crippen LogP contribution in [0.5, 0.6) is 5.75 Å². The predicted octanol–water partition coefficient (Wildman–Crippen LogP) is 8.41. The number of benzene rings is 3. The Morgan fingerprint density at radius 3 is 2.12 bits per heavy atom. The number of allylic oxidation sites excluding steroid dienone is 6. The molecule has 172 valence electrons. The van der Waals surface area contributed by atoms with Crippen LogP contribution in [0.4, 0.5) is 0 Å². The molecule has 1 aliphatic rings. The summed E-state index contributed by atoms with van der Waals surface area (Å²) in [4.78, 5) is 0. The first-order chi connectivity index (χ1) is 16.5. The van der Waals surface area contributed by atoms with E-state index in [1.54, 1.807) is 3.88 Å². The fourth-order valence-corrected chi connectivity index (χ4v) is 9.23. The van der Waals surface area contributed by atoms with Crippen molar-refractivity contribution in [2.75, 3.05) is 0 Å². The minimum atomic E-state index is -0.207. The number of ether oxygens (including phenoxy) is 1. The Labute approximate surface area is 215 Å². The van der Waals surface area contributed by atoms with Gasteiger partial charge >= 0.3 is 66.7 Å². The van der Waals surface area contributed by atoms with Gasteiger partial charge in [0.25, 0.3) is 0 Å². The Bertz CT molecular complexity index is 1140. The second-order valence-electron chi connectivity index (χ2n) is 8.66. The summed E-state index contributed by atoms with van der Waals surface area (Å²) in [5, 5.41) is 0. The molecule has 0 spiro atoms. The third-order valence-corrected chi connectivity index (χ3v) is 11.2. The van der Waals surface area contributed by atoms with E-state index in [1.165, 1.54) is 17.5 Å². The van der Waals surface area contributed by atoms with Crippen LogP contribution >= 0.6 is 0 Å². The summed E-state index contributed by atoms with van der Waals surface area (Å²) in [5.41, 5.74) is 4.59. The Hall–Kier alpha value is -2.65. The Kier molecular flexibility index (Phi) is 10.6. The maximum atomic E-state index is 6.20. The third kappa shape index (κ3) is 8.95. The van der Waals surface area contributed by atoms with Gasteiger partial charge < -0.3 is 4.74 Å². The molecule has 1 nitrogen and oxygen atoms in total. The molecule has 0 amide bonds. The van der Waals surface area contributed by atoms with Gasteiger partial charge in [-0.1, -0.05) is 90.5 Å². The van der Waals surface area contributed by atoms with Crippen molar-refractivity contribution in [3.8, 4) is 5.75 Å². The van der Waals surface area contributed by atoms with Crippen LogP contribution in [0.15, 0.2) is 119 Å². The fraction of sp³-hybridized carbons (Fsp3) is 0.161. The van der Waals surface area contributed by atoms with Crippen LogP contribution in [0, 0.1) is 6.92 Å². The van der Waals surface area contributed by atoms with Gasteiger partial charge in [0, 0.05) is 5.56 Å². The molecule has 0 saturated carbocycles. The van der Waals surface area contributed by atoms with E-state index in [4.69, 9.17) is 4.74 Å². The van der Waals surface area contributed by atoms with Crippen LogP contribution in [-0.2, 0) is 18.4 Å². The summed E-state index contributed by atoms with van der Waals surface area (Å²) in [6, 6.07) is 28.6. The Morgan fingerprint density at radius 1 is 0.882 bits per heavy atom. The quantitative estimate of drug-likeness (QED) is 0.181. The SMILES string of the molecule is CC(C=Cc1ccc(C)cc1)=C(Oc1ccccc1)c1ccccc1.C[SiH](C)[Ti][C]1=CC=CC1. The van der Waals surface area contributed by atoms with Crippen LogP contribution in [0.2, 0.25) is 13.1 Å². The van der Waals surface area contributed by atoms with Crippen molar-refractivity contribution in [2.24, 2.45) is 0 Å². The summed E-state index contributed by atoms with van der Waals surface area (Å²) >= 11 is 0.375. The minimum absolute atomic E-state index is 0.207. The van der Waals surface area contributed by atoms with Gasteiger partial charge in [-0.2, -0.15) is 0 Å². The van der Waals surface area contributed by atoms with Crippen LogP contribution in [0.1, 0.15) is 30.0 Å². The summed E-state index contributed by atoms with van der Waals surface area (Å²) in [7, 11) is 0. The maximum absolute atomic E-state index is 6.20. The molecule has 0 aliphatic heterocycles. The average Bonchev–Trinajstić information content (AvgIpc) is 3.36. The molecule has 0 atom stereocenters. The molecule has 0 unspecified atom stereocenters. The molecule has 34 heavy (non-hydrogen) atoms. The summed E-state index contributed by atoms with van der Waals surface area (Å²) in [6.07, 6.45) is 12.3. The molecule has 0 fully saturated rings. The van der Waals surface area contributed by atoms with Crippen molar-refractivity contribution in [1.82, 2.24) is 0 Å². The summed E-state index contributed by atoms with van der Waals surface area (Å²) < 4.78 is 7.97. The molecule has 3 aromatic carbocycles. The first kappa shape index (κ1) is 26.0. The molecule has 0 saturated heterocycles. The number of hydrogen-bond donors (Lipinski definition) is 0.